The fourth-order valence-electron chi connectivity index (χ4n) is 6.96. The number of hydrogen-bond acceptors (Lipinski definition) is 5. The van der Waals surface area contributed by atoms with Crippen LogP contribution in [0.15, 0.2) is 54.1 Å². The molecular formula is C39H58N2O5S. The number of carboxylic acids is 1. The normalized spacial score (nSPS) is 16.6. The van der Waals surface area contributed by atoms with E-state index in [1.54, 1.807) is 0 Å². The topological polar surface area (TPSA) is 104 Å². The van der Waals surface area contributed by atoms with Gasteiger partial charge in [0.25, 0.3) is 5.91 Å². The Morgan fingerprint density at radius 1 is 1.00 bits per heavy atom. The summed E-state index contributed by atoms with van der Waals surface area (Å²) in [6, 6.07) is 13.7. The Morgan fingerprint density at radius 3 is 2.32 bits per heavy atom. The summed E-state index contributed by atoms with van der Waals surface area (Å²) >= 11 is 0. The predicted molar refractivity (Wildman–Crippen MR) is 193 cm³/mol. The molecule has 2 atom stereocenters. The number of aryl methyl sites for hydroxylation is 1. The van der Waals surface area contributed by atoms with Crippen LogP contribution in [0.1, 0.15) is 120 Å². The third-order valence-corrected chi connectivity index (χ3v) is 10.6. The first-order valence-corrected chi connectivity index (χ1v) is 19.3. The molecule has 260 valence electrons. The Hall–Kier alpha value is -2.97. The van der Waals surface area contributed by atoms with E-state index in [-0.39, 0.29) is 19.6 Å². The number of hydrogen-bond donors (Lipinski definition) is 2. The van der Waals surface area contributed by atoms with Gasteiger partial charge in [-0.15, -0.1) is 0 Å². The number of rotatable bonds is 17. The third kappa shape index (κ3) is 12.2. The van der Waals surface area contributed by atoms with Crippen molar-refractivity contribution in [3.63, 3.8) is 0 Å². The van der Waals surface area contributed by atoms with Crippen molar-refractivity contribution < 1.29 is 23.1 Å². The number of carbonyl (C=O) groups is 2. The summed E-state index contributed by atoms with van der Waals surface area (Å²) in [6.07, 6.45) is 17.2. The van der Waals surface area contributed by atoms with Crippen LogP contribution in [0.2, 0.25) is 0 Å². The van der Waals surface area contributed by atoms with Gasteiger partial charge in [-0.2, -0.15) is 0 Å². The van der Waals surface area contributed by atoms with E-state index in [1.165, 1.54) is 69.8 Å². The molecule has 2 saturated carbocycles. The first-order chi connectivity index (χ1) is 21.9. The van der Waals surface area contributed by atoms with E-state index in [4.69, 9.17) is 0 Å². The van der Waals surface area contributed by atoms with Gasteiger partial charge >= 0.3 is 5.97 Å². The minimum absolute atomic E-state index is 0. The number of amides is 1. The number of carbonyl (C=O) groups excluding carboxylic acids is 1. The molecule has 2 aromatic rings. The van der Waals surface area contributed by atoms with Gasteiger partial charge in [0, 0.05) is 30.4 Å². The van der Waals surface area contributed by atoms with Crippen LogP contribution in [0, 0.1) is 12.8 Å². The molecule has 0 radical (unpaired) electrons. The Morgan fingerprint density at radius 2 is 1.70 bits per heavy atom. The number of unbranched alkanes of at least 4 members (excludes halogenated alkanes) is 1. The van der Waals surface area contributed by atoms with E-state index in [9.17, 15) is 23.1 Å². The van der Waals surface area contributed by atoms with E-state index in [0.29, 0.717) is 17.6 Å². The summed E-state index contributed by atoms with van der Waals surface area (Å²) in [7, 11) is -3.38. The third-order valence-electron chi connectivity index (χ3n) is 9.62. The molecule has 0 aliphatic heterocycles. The van der Waals surface area contributed by atoms with Crippen molar-refractivity contribution in [2.75, 3.05) is 12.0 Å². The van der Waals surface area contributed by atoms with Crippen LogP contribution in [-0.2, 0) is 21.2 Å². The molecular weight excluding hydrogens is 609 g/mol. The van der Waals surface area contributed by atoms with Crippen LogP contribution in [0.3, 0.4) is 0 Å². The molecule has 47 heavy (non-hydrogen) atoms. The van der Waals surface area contributed by atoms with Crippen molar-refractivity contribution in [3.8, 4) is 11.1 Å². The summed E-state index contributed by atoms with van der Waals surface area (Å²) in [5.74, 6) is -1.29. The minimum Gasteiger partial charge on any atom is -0.480 e. The Bertz CT molecular complexity index is 1470. The van der Waals surface area contributed by atoms with Crippen LogP contribution >= 0.6 is 0 Å². The quantitative estimate of drug-likeness (QED) is 0.130. The highest BCUT2D eigenvalue weighted by Crippen LogP contribution is 2.37. The maximum Gasteiger partial charge on any atom is 0.326 e. The van der Waals surface area contributed by atoms with E-state index in [0.717, 1.165) is 47.4 Å². The maximum absolute atomic E-state index is 13.6. The predicted octanol–water partition coefficient (Wildman–Crippen LogP) is 8.36. The SMILES string of the molecule is C.CC(C)=CCCC[C@@H](CC1CCCCC1)N(Cc1ccc(C(=O)N[C@@H](CCS(C)(=O)=O)C(=O)O)c(-c2ccccc2C)c1)C1CC1. The second-order valence-electron chi connectivity index (χ2n) is 14.0. The summed E-state index contributed by atoms with van der Waals surface area (Å²) in [5.41, 5.74) is 5.63. The summed E-state index contributed by atoms with van der Waals surface area (Å²) < 4.78 is 23.4. The second-order valence-corrected chi connectivity index (χ2v) is 16.2. The lowest BCUT2D eigenvalue weighted by Gasteiger charge is -2.36. The van der Waals surface area contributed by atoms with E-state index < -0.39 is 27.8 Å². The van der Waals surface area contributed by atoms with Gasteiger partial charge < -0.3 is 10.4 Å². The van der Waals surface area contributed by atoms with Crippen molar-refractivity contribution in [1.29, 1.82) is 0 Å². The van der Waals surface area contributed by atoms with Crippen molar-refractivity contribution in [2.45, 2.75) is 130 Å². The first-order valence-electron chi connectivity index (χ1n) is 17.2. The van der Waals surface area contributed by atoms with Gasteiger partial charge in [0.15, 0.2) is 0 Å². The molecule has 0 bridgehead atoms. The lowest BCUT2D eigenvalue weighted by atomic mass is 9.83. The number of nitrogens with one attached hydrogen (secondary N) is 1. The van der Waals surface area contributed by atoms with E-state index in [1.807, 2.05) is 43.3 Å². The molecule has 7 nitrogen and oxygen atoms in total. The Labute approximate surface area is 284 Å². The number of benzene rings is 2. The van der Waals surface area contributed by atoms with Gasteiger partial charge in [-0.3, -0.25) is 9.69 Å². The fourth-order valence-corrected chi connectivity index (χ4v) is 7.62. The highest BCUT2D eigenvalue weighted by molar-refractivity contribution is 7.90. The lowest BCUT2D eigenvalue weighted by molar-refractivity contribution is -0.139. The molecule has 0 unspecified atom stereocenters. The summed E-state index contributed by atoms with van der Waals surface area (Å²) in [4.78, 5) is 28.3. The maximum atomic E-state index is 13.6. The van der Waals surface area contributed by atoms with Gasteiger partial charge in [0.05, 0.1) is 5.75 Å². The van der Waals surface area contributed by atoms with Gasteiger partial charge in [-0.05, 0) is 106 Å². The zero-order chi connectivity index (χ0) is 33.3. The molecule has 0 heterocycles. The van der Waals surface area contributed by atoms with Crippen molar-refractivity contribution in [3.05, 3.63) is 70.8 Å². The number of sulfone groups is 1. The van der Waals surface area contributed by atoms with Gasteiger partial charge in [-0.25, -0.2) is 13.2 Å². The Balaban J connectivity index is 0.00000600. The number of nitrogens with zero attached hydrogens (tertiary/aromatic N) is 1. The molecule has 0 saturated heterocycles. The molecule has 4 rings (SSSR count). The average molecular weight is 667 g/mol. The van der Waals surface area contributed by atoms with Crippen LogP contribution < -0.4 is 5.32 Å². The molecule has 2 fully saturated rings. The van der Waals surface area contributed by atoms with Crippen LogP contribution in [0.25, 0.3) is 11.1 Å². The molecule has 2 aromatic carbocycles. The van der Waals surface area contributed by atoms with Gasteiger partial charge in [-0.1, -0.05) is 81.5 Å². The fraction of sp³-hybridized carbons (Fsp3) is 0.590. The molecule has 0 spiro atoms. The van der Waals surface area contributed by atoms with E-state index >= 15 is 0 Å². The Kier molecular flexibility index (Phi) is 14.7. The number of allylic oxidation sites excluding steroid dienone is 2. The molecule has 8 heteroatoms. The lowest BCUT2D eigenvalue weighted by Crippen LogP contribution is -2.42. The van der Waals surface area contributed by atoms with Crippen molar-refractivity contribution in [1.82, 2.24) is 10.2 Å². The largest absolute Gasteiger partial charge is 0.480 e. The first kappa shape index (κ1) is 38.5. The van der Waals surface area contributed by atoms with Crippen LogP contribution in [-0.4, -0.2) is 60.4 Å². The number of aliphatic carboxylic acids is 1. The van der Waals surface area contributed by atoms with Crippen LogP contribution in [0.4, 0.5) is 0 Å². The number of carboxylic acid groups (broad SMARTS) is 1. The minimum atomic E-state index is -3.38. The summed E-state index contributed by atoms with van der Waals surface area (Å²) in [6.45, 7) is 7.17. The second kappa shape index (κ2) is 18.0. The molecule has 1 amide bonds. The summed E-state index contributed by atoms with van der Waals surface area (Å²) in [5, 5.41) is 12.4. The zero-order valence-electron chi connectivity index (χ0n) is 28.3. The molecule has 2 N–H and O–H groups in total. The average Bonchev–Trinajstić information content (AvgIpc) is 3.85. The zero-order valence-corrected chi connectivity index (χ0v) is 29.1. The monoisotopic (exact) mass is 666 g/mol. The molecule has 2 aliphatic rings. The smallest absolute Gasteiger partial charge is 0.326 e. The van der Waals surface area contributed by atoms with Crippen LogP contribution in [0.5, 0.6) is 0 Å². The standard InChI is InChI=1S/C38H54N2O5S.CH4/c1-27(2)12-8-10-16-32(24-29-14-6-5-7-15-29)40(31-19-20-31)26-30-18-21-34(35(25-30)33-17-11-9-13-28(33)3)37(41)39-36(38(42)43)22-23-46(4,44)45;/h9,11-13,17-18,21,25,29,31-32,36H,5-8,10,14-16,19-20,22-24,26H2,1-4H3,(H,39,41)(H,42,43);1H4/t32-,36-;/m0./s1. The highest BCUT2D eigenvalue weighted by Gasteiger charge is 2.35. The van der Waals surface area contributed by atoms with Crippen molar-refractivity contribution >= 4 is 21.7 Å². The van der Waals surface area contributed by atoms with Gasteiger partial charge in [0.1, 0.15) is 15.9 Å². The van der Waals surface area contributed by atoms with E-state index in [2.05, 4.69) is 36.2 Å². The molecule has 2 aliphatic carbocycles. The highest BCUT2D eigenvalue weighted by atomic mass is 32.2. The van der Waals surface area contributed by atoms with Gasteiger partial charge in [0.2, 0.25) is 0 Å². The molecule has 0 aromatic heterocycles. The van der Waals surface area contributed by atoms with Crippen molar-refractivity contribution in [2.24, 2.45) is 5.92 Å².